The van der Waals surface area contributed by atoms with E-state index in [4.69, 9.17) is 21.3 Å². The molecule has 0 bridgehead atoms. The Morgan fingerprint density at radius 3 is 2.47 bits per heavy atom. The number of anilines is 1. The van der Waals surface area contributed by atoms with Crippen LogP contribution in [0.1, 0.15) is 12.5 Å². The minimum atomic E-state index is -0.531. The van der Waals surface area contributed by atoms with Gasteiger partial charge in [-0.15, -0.1) is 0 Å². The van der Waals surface area contributed by atoms with Crippen LogP contribution in [0.5, 0.6) is 5.75 Å². The third-order valence-electron chi connectivity index (χ3n) is 6.09. The standard InChI is InChI=1S/C23H24ClN5O3/c1-3-32-18-10-8-17(9-11-18)27-12-13-28-19-20(25-22(27)28)26(2)23(31)29(21(19)30)14-15-4-6-16(24)7-5-15/h4-11,19-20H,3,12-14H2,1-2H3. The van der Waals surface area contributed by atoms with Gasteiger partial charge in [0.1, 0.15) is 5.75 Å². The van der Waals surface area contributed by atoms with Crippen molar-refractivity contribution in [2.24, 2.45) is 4.99 Å². The normalized spacial score (nSPS) is 22.3. The Bertz CT molecular complexity index is 1070. The summed E-state index contributed by atoms with van der Waals surface area (Å²) in [5.41, 5.74) is 1.83. The van der Waals surface area contributed by atoms with Gasteiger partial charge in [0, 0.05) is 30.8 Å². The Balaban J connectivity index is 1.39. The van der Waals surface area contributed by atoms with Crippen molar-refractivity contribution in [3.8, 4) is 5.75 Å². The number of ether oxygens (including phenoxy) is 1. The Kier molecular flexibility index (Phi) is 5.17. The summed E-state index contributed by atoms with van der Waals surface area (Å²) >= 11 is 5.97. The second kappa shape index (κ2) is 8.02. The summed E-state index contributed by atoms with van der Waals surface area (Å²) in [5.74, 6) is 1.32. The quantitative estimate of drug-likeness (QED) is 0.696. The summed E-state index contributed by atoms with van der Waals surface area (Å²) < 4.78 is 5.53. The molecule has 0 aliphatic carbocycles. The van der Waals surface area contributed by atoms with Crippen LogP contribution >= 0.6 is 11.6 Å². The Morgan fingerprint density at radius 2 is 1.78 bits per heavy atom. The number of aliphatic imine (C=N–C) groups is 1. The molecule has 2 unspecified atom stereocenters. The molecule has 2 saturated heterocycles. The van der Waals surface area contributed by atoms with Crippen molar-refractivity contribution in [1.29, 1.82) is 0 Å². The van der Waals surface area contributed by atoms with Crippen LogP contribution in [-0.4, -0.2) is 71.5 Å². The van der Waals surface area contributed by atoms with Crippen LogP contribution in [0, 0.1) is 0 Å². The summed E-state index contributed by atoms with van der Waals surface area (Å²) in [6, 6.07) is 14.1. The molecule has 2 aromatic rings. The molecular weight excluding hydrogens is 430 g/mol. The summed E-state index contributed by atoms with van der Waals surface area (Å²) in [4.78, 5) is 38.2. The van der Waals surface area contributed by atoms with Crippen LogP contribution in [0.4, 0.5) is 10.5 Å². The van der Waals surface area contributed by atoms with Gasteiger partial charge in [-0.2, -0.15) is 0 Å². The molecule has 0 saturated carbocycles. The van der Waals surface area contributed by atoms with Gasteiger partial charge in [-0.3, -0.25) is 9.69 Å². The smallest absolute Gasteiger partial charge is 0.328 e. The fourth-order valence-electron chi connectivity index (χ4n) is 4.49. The topological polar surface area (TPSA) is 68.7 Å². The minimum Gasteiger partial charge on any atom is -0.494 e. The number of guanidine groups is 1. The van der Waals surface area contributed by atoms with Crippen LogP contribution in [0.3, 0.4) is 0 Å². The zero-order valence-corrected chi connectivity index (χ0v) is 18.7. The van der Waals surface area contributed by atoms with Gasteiger partial charge >= 0.3 is 6.03 Å². The van der Waals surface area contributed by atoms with Crippen molar-refractivity contribution in [2.75, 3.05) is 31.6 Å². The SMILES string of the molecule is CCOc1ccc(N2CCN3C2=NC2C3C(=O)N(Cc3ccc(Cl)cc3)C(=O)N2C)cc1. The fraction of sp³-hybridized carbons (Fsp3) is 0.348. The monoisotopic (exact) mass is 453 g/mol. The third kappa shape index (κ3) is 3.35. The molecule has 32 heavy (non-hydrogen) atoms. The largest absolute Gasteiger partial charge is 0.494 e. The maximum Gasteiger partial charge on any atom is 0.328 e. The Morgan fingerprint density at radius 1 is 1.06 bits per heavy atom. The number of hydrogen-bond donors (Lipinski definition) is 0. The van der Waals surface area contributed by atoms with Gasteiger partial charge in [0.15, 0.2) is 12.2 Å². The third-order valence-corrected chi connectivity index (χ3v) is 6.34. The van der Waals surface area contributed by atoms with E-state index >= 15 is 0 Å². The first-order valence-electron chi connectivity index (χ1n) is 10.7. The van der Waals surface area contributed by atoms with E-state index in [-0.39, 0.29) is 18.5 Å². The van der Waals surface area contributed by atoms with Crippen LogP contribution in [0.2, 0.25) is 5.02 Å². The average molecular weight is 454 g/mol. The maximum absolute atomic E-state index is 13.4. The van der Waals surface area contributed by atoms with Gasteiger partial charge in [-0.1, -0.05) is 23.7 Å². The Hall–Kier alpha value is -3.26. The molecular formula is C23H24ClN5O3. The van der Waals surface area contributed by atoms with Crippen molar-refractivity contribution >= 4 is 35.2 Å². The molecule has 0 radical (unpaired) electrons. The highest BCUT2D eigenvalue weighted by Gasteiger charge is 2.54. The lowest BCUT2D eigenvalue weighted by Gasteiger charge is -2.40. The lowest BCUT2D eigenvalue weighted by molar-refractivity contribution is -0.137. The van der Waals surface area contributed by atoms with Crippen LogP contribution < -0.4 is 9.64 Å². The lowest BCUT2D eigenvalue weighted by Crippen LogP contribution is -2.64. The molecule has 2 atom stereocenters. The number of benzene rings is 2. The van der Waals surface area contributed by atoms with Gasteiger partial charge in [0.2, 0.25) is 5.96 Å². The number of fused-ring (bicyclic) bond motifs is 3. The number of carbonyl (C=O) groups is 2. The summed E-state index contributed by atoms with van der Waals surface area (Å²) in [5, 5.41) is 0.613. The number of carbonyl (C=O) groups excluding carboxylic acids is 2. The molecule has 3 aliphatic heterocycles. The van der Waals surface area contributed by atoms with E-state index in [1.165, 1.54) is 4.90 Å². The number of likely N-dealkylation sites (N-methyl/N-ethyl adjacent to an activating group) is 1. The van der Waals surface area contributed by atoms with Crippen molar-refractivity contribution in [2.45, 2.75) is 25.7 Å². The van der Waals surface area contributed by atoms with E-state index in [1.54, 1.807) is 24.1 Å². The second-order valence-electron chi connectivity index (χ2n) is 8.00. The zero-order chi connectivity index (χ0) is 22.4. The van der Waals surface area contributed by atoms with Gasteiger partial charge in [0.05, 0.1) is 13.2 Å². The molecule has 9 heteroatoms. The van der Waals surface area contributed by atoms with E-state index < -0.39 is 12.2 Å². The molecule has 8 nitrogen and oxygen atoms in total. The average Bonchev–Trinajstić information content (AvgIpc) is 3.37. The molecule has 0 N–H and O–H groups in total. The van der Waals surface area contributed by atoms with E-state index in [0.717, 1.165) is 29.5 Å². The first-order valence-corrected chi connectivity index (χ1v) is 11.0. The highest BCUT2D eigenvalue weighted by molar-refractivity contribution is 6.30. The summed E-state index contributed by atoms with van der Waals surface area (Å²) in [6.07, 6.45) is -0.531. The second-order valence-corrected chi connectivity index (χ2v) is 8.44. The zero-order valence-electron chi connectivity index (χ0n) is 17.9. The highest BCUT2D eigenvalue weighted by Crippen LogP contribution is 2.34. The number of imide groups is 1. The Labute approximate surface area is 191 Å². The number of nitrogens with zero attached hydrogens (tertiary/aromatic N) is 5. The molecule has 2 aromatic carbocycles. The number of halogens is 1. The van der Waals surface area contributed by atoms with E-state index in [9.17, 15) is 9.59 Å². The van der Waals surface area contributed by atoms with Crippen molar-refractivity contribution in [3.05, 3.63) is 59.1 Å². The van der Waals surface area contributed by atoms with Crippen molar-refractivity contribution in [1.82, 2.24) is 14.7 Å². The van der Waals surface area contributed by atoms with Crippen molar-refractivity contribution in [3.63, 3.8) is 0 Å². The first kappa shape index (κ1) is 20.6. The van der Waals surface area contributed by atoms with Crippen LogP contribution in [0.25, 0.3) is 0 Å². The molecule has 166 valence electrons. The fourth-order valence-corrected chi connectivity index (χ4v) is 4.61. The molecule has 3 aliphatic rings. The van der Waals surface area contributed by atoms with E-state index in [0.29, 0.717) is 18.2 Å². The lowest BCUT2D eigenvalue weighted by atomic mass is 10.1. The van der Waals surface area contributed by atoms with Gasteiger partial charge in [0.25, 0.3) is 5.91 Å². The summed E-state index contributed by atoms with van der Waals surface area (Å²) in [7, 11) is 1.70. The highest BCUT2D eigenvalue weighted by atomic mass is 35.5. The first-order chi connectivity index (χ1) is 15.5. The molecule has 5 rings (SSSR count). The van der Waals surface area contributed by atoms with Crippen LogP contribution in [0.15, 0.2) is 53.5 Å². The summed E-state index contributed by atoms with van der Waals surface area (Å²) in [6.45, 7) is 4.15. The molecule has 3 heterocycles. The number of hydrogen-bond acceptors (Lipinski definition) is 6. The maximum atomic E-state index is 13.4. The molecule has 2 fully saturated rings. The number of amides is 3. The van der Waals surface area contributed by atoms with Crippen LogP contribution in [-0.2, 0) is 11.3 Å². The molecule has 3 amide bonds. The van der Waals surface area contributed by atoms with Crippen molar-refractivity contribution < 1.29 is 14.3 Å². The minimum absolute atomic E-state index is 0.203. The van der Waals surface area contributed by atoms with Gasteiger partial charge < -0.3 is 19.4 Å². The number of urea groups is 1. The van der Waals surface area contributed by atoms with Gasteiger partial charge in [-0.05, 0) is 48.9 Å². The predicted octanol–water partition coefficient (Wildman–Crippen LogP) is 3.02. The van der Waals surface area contributed by atoms with E-state index in [1.807, 2.05) is 48.2 Å². The molecule has 0 aromatic heterocycles. The predicted molar refractivity (Wildman–Crippen MR) is 122 cm³/mol. The van der Waals surface area contributed by atoms with E-state index in [2.05, 4.69) is 4.90 Å². The molecule has 0 spiro atoms. The number of rotatable bonds is 5. The van der Waals surface area contributed by atoms with Gasteiger partial charge in [-0.25, -0.2) is 9.79 Å².